The van der Waals surface area contributed by atoms with Crippen molar-refractivity contribution in [2.75, 3.05) is 44.7 Å². The highest BCUT2D eigenvalue weighted by Crippen LogP contribution is 2.53. The molecule has 0 radical (unpaired) electrons. The number of aromatic nitrogens is 4. The van der Waals surface area contributed by atoms with Crippen LogP contribution in [0.5, 0.6) is 6.01 Å². The number of hydrogen-bond donors (Lipinski definition) is 1. The normalized spacial score (nSPS) is 23.7. The molecule has 1 spiro atoms. The molecule has 0 aliphatic carbocycles. The summed E-state index contributed by atoms with van der Waals surface area (Å²) in [6.45, 7) is 11.3. The molecule has 2 aromatic heterocycles. The number of ether oxygens (including phenoxy) is 1. The van der Waals surface area contributed by atoms with Crippen LogP contribution in [0.2, 0.25) is 5.02 Å². The van der Waals surface area contributed by atoms with E-state index in [-0.39, 0.29) is 45.0 Å². The number of likely N-dealkylation sites (tertiary alicyclic amines) is 2. The van der Waals surface area contributed by atoms with Gasteiger partial charge in [-0.15, -0.1) is 0 Å². The molecule has 4 aromatic rings. The van der Waals surface area contributed by atoms with Crippen LogP contribution in [0, 0.1) is 23.6 Å². The van der Waals surface area contributed by atoms with Gasteiger partial charge in [0.15, 0.2) is 5.82 Å². The number of likely N-dealkylation sites (N-methyl/N-ethyl adjacent to an activating group) is 1. The Labute approximate surface area is 273 Å². The van der Waals surface area contributed by atoms with Crippen LogP contribution in [0.15, 0.2) is 24.4 Å². The van der Waals surface area contributed by atoms with Gasteiger partial charge in [0.25, 0.3) is 0 Å². The molecule has 244 valence electrons. The number of aryl methyl sites for hydroxylation is 2. The van der Waals surface area contributed by atoms with Crippen LogP contribution in [0.25, 0.3) is 32.9 Å². The van der Waals surface area contributed by atoms with E-state index in [1.807, 2.05) is 26.1 Å². The number of rotatable bonds is 5. The lowest BCUT2D eigenvalue weighted by Crippen LogP contribution is -2.71. The summed E-state index contributed by atoms with van der Waals surface area (Å²) in [6, 6.07) is 5.90. The maximum absolute atomic E-state index is 17.0. The molecule has 5 heterocycles. The van der Waals surface area contributed by atoms with E-state index in [4.69, 9.17) is 21.3 Å². The molecule has 0 bridgehead atoms. The van der Waals surface area contributed by atoms with Crippen LogP contribution in [-0.2, 0) is 7.05 Å². The second kappa shape index (κ2) is 10.9. The van der Waals surface area contributed by atoms with Gasteiger partial charge in [0.05, 0.1) is 16.7 Å². The average Bonchev–Trinajstić information content (AvgIpc) is 3.70. The van der Waals surface area contributed by atoms with Crippen LogP contribution < -0.4 is 9.64 Å². The number of halogens is 2. The average molecular weight is 650 g/mol. The second-order valence-electron chi connectivity index (χ2n) is 14.5. The van der Waals surface area contributed by atoms with E-state index in [9.17, 15) is 9.90 Å². The summed E-state index contributed by atoms with van der Waals surface area (Å²) < 4.78 is 25.0. The third kappa shape index (κ3) is 4.85. The maximum atomic E-state index is 17.0. The van der Waals surface area contributed by atoms with Crippen molar-refractivity contribution in [2.45, 2.75) is 59.0 Å². The fourth-order valence-corrected chi connectivity index (χ4v) is 8.75. The third-order valence-corrected chi connectivity index (χ3v) is 10.7. The van der Waals surface area contributed by atoms with Gasteiger partial charge < -0.3 is 24.5 Å². The summed E-state index contributed by atoms with van der Waals surface area (Å²) >= 11 is 7.00. The van der Waals surface area contributed by atoms with Crippen molar-refractivity contribution in [3.05, 3.63) is 40.8 Å². The highest BCUT2D eigenvalue weighted by atomic mass is 35.5. The van der Waals surface area contributed by atoms with Crippen LogP contribution >= 0.6 is 11.6 Å². The first kappa shape index (κ1) is 30.9. The van der Waals surface area contributed by atoms with Crippen LogP contribution in [0.1, 0.15) is 45.6 Å². The standard InChI is InChI=1S/C34H41ClFN7O3/c1-19-9-10-20-15-37-41(6)28(20)24(19)25-23(35)14-22-27(26(25)36)38-31(46-16-21-8-7-12-40(21)5)39-29(22)42-13-11-34(17-42)18-43(32(44)45)30(34)33(2,3)4/h9-10,14-15,21,30H,7-8,11-13,16-18H2,1-6H3,(H,44,45). The van der Waals surface area contributed by atoms with Gasteiger partial charge in [0, 0.05) is 66.1 Å². The molecule has 12 heteroatoms. The molecule has 1 amide bonds. The number of hydrogen-bond acceptors (Lipinski definition) is 7. The Bertz CT molecular complexity index is 1870. The first-order valence-corrected chi connectivity index (χ1v) is 16.4. The van der Waals surface area contributed by atoms with Crippen molar-refractivity contribution in [1.29, 1.82) is 0 Å². The van der Waals surface area contributed by atoms with Crippen molar-refractivity contribution < 1.29 is 19.0 Å². The minimum atomic E-state index is -0.899. The SMILES string of the molecule is Cc1ccc2cnn(C)c2c1-c1c(Cl)cc2c(N3CCC4(C3)CN(C(=O)O)C4C(C)(C)C)nc(OCC3CCCN3C)nc2c1F. The van der Waals surface area contributed by atoms with E-state index in [1.165, 1.54) is 0 Å². The molecule has 3 saturated heterocycles. The summed E-state index contributed by atoms with van der Waals surface area (Å²) in [5.41, 5.74) is 2.26. The molecule has 1 N–H and O–H groups in total. The zero-order valence-electron chi connectivity index (χ0n) is 27.3. The molecular weight excluding hydrogens is 609 g/mol. The van der Waals surface area contributed by atoms with Gasteiger partial charge in [-0.3, -0.25) is 4.68 Å². The van der Waals surface area contributed by atoms with Gasteiger partial charge in [-0.25, -0.2) is 9.18 Å². The van der Waals surface area contributed by atoms with E-state index >= 15 is 4.39 Å². The van der Waals surface area contributed by atoms with E-state index in [0.717, 1.165) is 42.3 Å². The minimum absolute atomic E-state index is 0.125. The molecule has 3 aliphatic heterocycles. The molecule has 10 nitrogen and oxygen atoms in total. The lowest BCUT2D eigenvalue weighted by atomic mass is 9.61. The zero-order valence-corrected chi connectivity index (χ0v) is 28.0. The van der Waals surface area contributed by atoms with Gasteiger partial charge >= 0.3 is 12.1 Å². The largest absolute Gasteiger partial charge is 0.465 e. The molecule has 46 heavy (non-hydrogen) atoms. The number of carbonyl (C=O) groups is 1. The fourth-order valence-electron chi connectivity index (χ4n) is 8.47. The van der Waals surface area contributed by atoms with E-state index in [1.54, 1.807) is 21.8 Å². The maximum Gasteiger partial charge on any atom is 0.407 e. The van der Waals surface area contributed by atoms with Crippen molar-refractivity contribution in [3.8, 4) is 17.1 Å². The van der Waals surface area contributed by atoms with Gasteiger partial charge in [-0.05, 0) is 56.8 Å². The predicted molar refractivity (Wildman–Crippen MR) is 177 cm³/mol. The van der Waals surface area contributed by atoms with Gasteiger partial charge in [-0.2, -0.15) is 15.1 Å². The smallest absolute Gasteiger partial charge is 0.407 e. The number of amides is 1. The summed E-state index contributed by atoms with van der Waals surface area (Å²) in [6.07, 6.45) is 3.77. The summed E-state index contributed by atoms with van der Waals surface area (Å²) in [7, 11) is 3.92. The molecule has 3 unspecified atom stereocenters. The monoisotopic (exact) mass is 649 g/mol. The highest BCUT2D eigenvalue weighted by molar-refractivity contribution is 6.35. The second-order valence-corrected chi connectivity index (χ2v) is 14.9. The Morgan fingerprint density at radius 3 is 2.65 bits per heavy atom. The predicted octanol–water partition coefficient (Wildman–Crippen LogP) is 6.36. The summed E-state index contributed by atoms with van der Waals surface area (Å²) in [4.78, 5) is 27.6. The first-order chi connectivity index (χ1) is 21.8. The number of benzene rings is 2. The van der Waals surface area contributed by atoms with Crippen LogP contribution in [0.3, 0.4) is 0 Å². The van der Waals surface area contributed by atoms with Crippen molar-refractivity contribution in [2.24, 2.45) is 17.9 Å². The molecule has 3 atom stereocenters. The summed E-state index contributed by atoms with van der Waals surface area (Å²) in [5, 5.41) is 16.0. The summed E-state index contributed by atoms with van der Waals surface area (Å²) in [5.74, 6) is 0.0221. The zero-order chi connectivity index (χ0) is 32.7. The van der Waals surface area contributed by atoms with Crippen molar-refractivity contribution >= 4 is 45.3 Å². The minimum Gasteiger partial charge on any atom is -0.465 e. The Balaban J connectivity index is 1.36. The lowest BCUT2D eigenvalue weighted by molar-refractivity contribution is -0.0946. The van der Waals surface area contributed by atoms with E-state index in [2.05, 4.69) is 47.7 Å². The van der Waals surface area contributed by atoms with Crippen molar-refractivity contribution in [1.82, 2.24) is 29.5 Å². The third-order valence-electron chi connectivity index (χ3n) is 10.4. The van der Waals surface area contributed by atoms with E-state index < -0.39 is 11.9 Å². The molecular formula is C34H41ClFN7O3. The van der Waals surface area contributed by atoms with Gasteiger partial charge in [0.1, 0.15) is 17.9 Å². The first-order valence-electron chi connectivity index (χ1n) is 16.0. The molecule has 7 rings (SSSR count). The molecule has 0 saturated carbocycles. The Morgan fingerprint density at radius 2 is 1.96 bits per heavy atom. The Hall–Kier alpha value is -3.70. The topological polar surface area (TPSA) is 99.9 Å². The van der Waals surface area contributed by atoms with Crippen LogP contribution in [-0.4, -0.2) is 92.7 Å². The number of nitrogens with zero attached hydrogens (tertiary/aromatic N) is 7. The van der Waals surface area contributed by atoms with Gasteiger partial charge in [0.2, 0.25) is 0 Å². The number of fused-ring (bicyclic) bond motifs is 2. The number of carboxylic acid groups (broad SMARTS) is 1. The van der Waals surface area contributed by atoms with Gasteiger partial charge in [-0.1, -0.05) is 44.5 Å². The quantitative estimate of drug-likeness (QED) is 0.267. The van der Waals surface area contributed by atoms with E-state index in [0.29, 0.717) is 43.0 Å². The molecule has 3 aliphatic rings. The number of anilines is 1. The highest BCUT2D eigenvalue weighted by Gasteiger charge is 2.61. The molecule has 3 fully saturated rings. The Morgan fingerprint density at radius 1 is 1.17 bits per heavy atom. The fraction of sp³-hybridized carbons (Fsp3) is 0.529. The Kier molecular flexibility index (Phi) is 7.36. The van der Waals surface area contributed by atoms with Crippen molar-refractivity contribution in [3.63, 3.8) is 0 Å². The lowest BCUT2D eigenvalue weighted by Gasteiger charge is -2.59. The van der Waals surface area contributed by atoms with Crippen LogP contribution in [0.4, 0.5) is 15.0 Å². The molecule has 2 aromatic carbocycles.